The Hall–Kier alpha value is -0.970. The fraction of sp³-hybridized carbons (Fsp3) is 0.562. The van der Waals surface area contributed by atoms with Crippen LogP contribution in [0.1, 0.15) is 32.1 Å². The summed E-state index contributed by atoms with van der Waals surface area (Å²) >= 11 is 11.9. The van der Waals surface area contributed by atoms with Crippen LogP contribution in [0, 0.1) is 5.41 Å². The first-order valence-corrected chi connectivity index (χ1v) is 8.45. The summed E-state index contributed by atoms with van der Waals surface area (Å²) in [5.74, 6) is 0. The first-order chi connectivity index (χ1) is 10.5. The number of hydrogen-bond acceptors (Lipinski definition) is 2. The highest BCUT2D eigenvalue weighted by Crippen LogP contribution is 2.45. The normalized spacial score (nSPS) is 28.1. The zero-order chi connectivity index (χ0) is 15.7. The second kappa shape index (κ2) is 6.26. The van der Waals surface area contributed by atoms with E-state index in [-0.39, 0.29) is 17.6 Å². The zero-order valence-corrected chi connectivity index (χ0v) is 13.8. The second-order valence-electron chi connectivity index (χ2n) is 6.35. The maximum Gasteiger partial charge on any atom is 0.321 e. The minimum absolute atomic E-state index is 0.104. The SMILES string of the molecule is O=C(Nc1ccc(Cl)c(Cl)c1)N1CCC[C@]2(CCC[C@H]2O)C1. The number of anilines is 1. The maximum atomic E-state index is 12.5. The number of benzene rings is 1. The molecule has 1 aromatic rings. The van der Waals surface area contributed by atoms with Crippen LogP contribution in [-0.2, 0) is 0 Å². The largest absolute Gasteiger partial charge is 0.392 e. The van der Waals surface area contributed by atoms with E-state index in [1.165, 1.54) is 0 Å². The van der Waals surface area contributed by atoms with Crippen LogP contribution in [-0.4, -0.2) is 35.2 Å². The van der Waals surface area contributed by atoms with Crippen molar-refractivity contribution in [3.05, 3.63) is 28.2 Å². The van der Waals surface area contributed by atoms with Gasteiger partial charge >= 0.3 is 6.03 Å². The van der Waals surface area contributed by atoms with Gasteiger partial charge in [-0.1, -0.05) is 29.6 Å². The quantitative estimate of drug-likeness (QED) is 0.805. The van der Waals surface area contributed by atoms with Gasteiger partial charge in [0, 0.05) is 24.2 Å². The lowest BCUT2D eigenvalue weighted by molar-refractivity contribution is 0.00400. The fourth-order valence-electron chi connectivity index (χ4n) is 3.71. The number of aliphatic hydroxyl groups is 1. The number of rotatable bonds is 1. The molecule has 1 spiro atoms. The summed E-state index contributed by atoms with van der Waals surface area (Å²) in [6, 6.07) is 4.90. The van der Waals surface area contributed by atoms with Gasteiger partial charge in [-0.25, -0.2) is 4.79 Å². The van der Waals surface area contributed by atoms with Crippen LogP contribution < -0.4 is 5.32 Å². The molecule has 0 radical (unpaired) electrons. The molecule has 2 amide bonds. The van der Waals surface area contributed by atoms with Crippen LogP contribution in [0.3, 0.4) is 0 Å². The third-order valence-corrected chi connectivity index (χ3v) is 5.66. The molecule has 2 N–H and O–H groups in total. The van der Waals surface area contributed by atoms with Gasteiger partial charge in [0.25, 0.3) is 0 Å². The number of likely N-dealkylation sites (tertiary alicyclic amines) is 1. The standard InChI is InChI=1S/C16H20Cl2N2O2/c17-12-5-4-11(9-13(12)18)19-15(22)20-8-2-7-16(10-20)6-1-3-14(16)21/h4-5,9,14,21H,1-3,6-8,10H2,(H,19,22)/t14-,16-/m1/s1. The molecule has 1 saturated heterocycles. The maximum absolute atomic E-state index is 12.5. The molecule has 2 atom stereocenters. The number of piperidine rings is 1. The van der Waals surface area contributed by atoms with Crippen LogP contribution in [0.15, 0.2) is 18.2 Å². The highest BCUT2D eigenvalue weighted by Gasteiger charge is 2.45. The van der Waals surface area contributed by atoms with Gasteiger partial charge in [-0.15, -0.1) is 0 Å². The van der Waals surface area contributed by atoms with Crippen molar-refractivity contribution in [2.24, 2.45) is 5.41 Å². The van der Waals surface area contributed by atoms with Crippen molar-refractivity contribution >= 4 is 34.9 Å². The van der Waals surface area contributed by atoms with Crippen LogP contribution in [0.25, 0.3) is 0 Å². The van der Waals surface area contributed by atoms with E-state index < -0.39 is 0 Å². The second-order valence-corrected chi connectivity index (χ2v) is 7.17. The summed E-state index contributed by atoms with van der Waals surface area (Å²) in [5.41, 5.74) is 0.527. The predicted molar refractivity (Wildman–Crippen MR) is 88.6 cm³/mol. The van der Waals surface area contributed by atoms with E-state index in [4.69, 9.17) is 23.2 Å². The molecule has 4 nitrogen and oxygen atoms in total. The number of carbonyl (C=O) groups is 1. The van der Waals surface area contributed by atoms with E-state index in [0.717, 1.165) is 38.6 Å². The van der Waals surface area contributed by atoms with E-state index in [0.29, 0.717) is 22.3 Å². The molecule has 0 bridgehead atoms. The van der Waals surface area contributed by atoms with Crippen molar-refractivity contribution < 1.29 is 9.90 Å². The third kappa shape index (κ3) is 3.05. The lowest BCUT2D eigenvalue weighted by atomic mass is 9.77. The van der Waals surface area contributed by atoms with Crippen molar-refractivity contribution in [3.8, 4) is 0 Å². The van der Waals surface area contributed by atoms with Gasteiger partial charge < -0.3 is 15.3 Å². The molecule has 2 fully saturated rings. The Kier molecular flexibility index (Phi) is 4.53. The van der Waals surface area contributed by atoms with Crippen molar-refractivity contribution in [1.82, 2.24) is 4.90 Å². The van der Waals surface area contributed by atoms with Gasteiger partial charge in [-0.2, -0.15) is 0 Å². The molecule has 1 aromatic carbocycles. The Morgan fingerprint density at radius 2 is 2.05 bits per heavy atom. The summed E-state index contributed by atoms with van der Waals surface area (Å²) in [7, 11) is 0. The van der Waals surface area contributed by atoms with Gasteiger partial charge in [0.2, 0.25) is 0 Å². The Bertz CT molecular complexity index is 581. The van der Waals surface area contributed by atoms with E-state index in [1.807, 2.05) is 0 Å². The molecule has 120 valence electrons. The summed E-state index contributed by atoms with van der Waals surface area (Å²) in [6.45, 7) is 1.35. The molecule has 3 rings (SSSR count). The van der Waals surface area contributed by atoms with Crippen LogP contribution >= 0.6 is 23.2 Å². The Morgan fingerprint density at radius 3 is 2.73 bits per heavy atom. The number of nitrogens with zero attached hydrogens (tertiary/aromatic N) is 1. The summed E-state index contributed by atoms with van der Waals surface area (Å²) in [6.07, 6.45) is 4.56. The first-order valence-electron chi connectivity index (χ1n) is 7.69. The van der Waals surface area contributed by atoms with Gasteiger partial charge in [-0.3, -0.25) is 0 Å². The van der Waals surface area contributed by atoms with Crippen molar-refractivity contribution in [2.45, 2.75) is 38.2 Å². The topological polar surface area (TPSA) is 52.6 Å². The number of nitrogens with one attached hydrogen (secondary N) is 1. The first kappa shape index (κ1) is 15.9. The minimum atomic E-state index is -0.284. The molecular formula is C16H20Cl2N2O2. The van der Waals surface area contributed by atoms with E-state index in [9.17, 15) is 9.90 Å². The average molecular weight is 343 g/mol. The lowest BCUT2D eigenvalue weighted by Gasteiger charge is -2.42. The third-order valence-electron chi connectivity index (χ3n) is 4.93. The number of hydrogen-bond donors (Lipinski definition) is 2. The zero-order valence-electron chi connectivity index (χ0n) is 12.3. The Morgan fingerprint density at radius 1 is 1.27 bits per heavy atom. The number of urea groups is 1. The van der Waals surface area contributed by atoms with Gasteiger partial charge in [-0.05, 0) is 43.9 Å². The summed E-state index contributed by atoms with van der Waals surface area (Å²) in [5, 5.41) is 14.0. The van der Waals surface area contributed by atoms with Crippen LogP contribution in [0.5, 0.6) is 0 Å². The van der Waals surface area contributed by atoms with Gasteiger partial charge in [0.15, 0.2) is 0 Å². The fourth-order valence-corrected chi connectivity index (χ4v) is 4.00. The molecule has 1 heterocycles. The van der Waals surface area contributed by atoms with E-state index in [2.05, 4.69) is 5.32 Å². The van der Waals surface area contributed by atoms with Crippen molar-refractivity contribution in [1.29, 1.82) is 0 Å². The van der Waals surface area contributed by atoms with Crippen LogP contribution in [0.2, 0.25) is 10.0 Å². The number of halogens is 2. The number of amides is 2. The highest BCUT2D eigenvalue weighted by atomic mass is 35.5. The van der Waals surface area contributed by atoms with Gasteiger partial charge in [0.1, 0.15) is 0 Å². The molecule has 0 unspecified atom stereocenters. The molecule has 0 aromatic heterocycles. The Balaban J connectivity index is 1.68. The monoisotopic (exact) mass is 342 g/mol. The lowest BCUT2D eigenvalue weighted by Crippen LogP contribution is -2.50. The summed E-state index contributed by atoms with van der Waals surface area (Å²) < 4.78 is 0. The minimum Gasteiger partial charge on any atom is -0.392 e. The molecule has 1 aliphatic heterocycles. The summed E-state index contributed by atoms with van der Waals surface area (Å²) in [4.78, 5) is 14.3. The average Bonchev–Trinajstić information content (AvgIpc) is 2.83. The highest BCUT2D eigenvalue weighted by molar-refractivity contribution is 6.42. The molecule has 1 saturated carbocycles. The number of carbonyl (C=O) groups excluding carboxylic acids is 1. The molecular weight excluding hydrogens is 323 g/mol. The van der Waals surface area contributed by atoms with Crippen molar-refractivity contribution in [3.63, 3.8) is 0 Å². The smallest absolute Gasteiger partial charge is 0.321 e. The number of aliphatic hydroxyl groups excluding tert-OH is 1. The van der Waals surface area contributed by atoms with E-state index in [1.54, 1.807) is 23.1 Å². The molecule has 6 heteroatoms. The molecule has 1 aliphatic carbocycles. The van der Waals surface area contributed by atoms with Crippen molar-refractivity contribution in [2.75, 3.05) is 18.4 Å². The van der Waals surface area contributed by atoms with Crippen LogP contribution in [0.4, 0.5) is 10.5 Å². The molecule has 22 heavy (non-hydrogen) atoms. The Labute approximate surface area is 140 Å². The molecule has 2 aliphatic rings. The van der Waals surface area contributed by atoms with Gasteiger partial charge in [0.05, 0.1) is 16.1 Å². The van der Waals surface area contributed by atoms with E-state index >= 15 is 0 Å². The predicted octanol–water partition coefficient (Wildman–Crippen LogP) is 4.15.